The Bertz CT molecular complexity index is 142. The third kappa shape index (κ3) is 7.83. The molecule has 1 radical (unpaired) electrons. The van der Waals surface area contributed by atoms with Gasteiger partial charge < -0.3 is 0 Å². The van der Waals surface area contributed by atoms with Crippen LogP contribution in [0.4, 0.5) is 0 Å². The quantitative estimate of drug-likeness (QED) is 0.375. The Kier molecular flexibility index (Phi) is 9.18. The SMILES string of the molecule is [CH]=CC=C(CCCC)CCCCC. The van der Waals surface area contributed by atoms with E-state index in [0.717, 1.165) is 0 Å². The molecule has 0 unspecified atom stereocenters. The van der Waals surface area contributed by atoms with Crippen molar-refractivity contribution in [3.63, 3.8) is 0 Å². The maximum absolute atomic E-state index is 5.40. The lowest BCUT2D eigenvalue weighted by atomic mass is 10.0. The van der Waals surface area contributed by atoms with E-state index in [1.54, 1.807) is 6.08 Å². The maximum atomic E-state index is 5.40. The largest absolute Gasteiger partial charge is 0.0702 e. The highest BCUT2D eigenvalue weighted by molar-refractivity contribution is 5.09. The highest BCUT2D eigenvalue weighted by Gasteiger charge is 1.95. The summed E-state index contributed by atoms with van der Waals surface area (Å²) in [5.41, 5.74) is 1.53. The van der Waals surface area contributed by atoms with Crippen LogP contribution in [0.5, 0.6) is 0 Å². The second kappa shape index (κ2) is 9.57. The summed E-state index contributed by atoms with van der Waals surface area (Å²) >= 11 is 0. The normalized spacial score (nSPS) is 11.7. The van der Waals surface area contributed by atoms with Crippen LogP contribution in [0.15, 0.2) is 17.7 Å². The minimum absolute atomic E-state index is 1.23. The first-order valence-electron chi connectivity index (χ1n) is 5.58. The van der Waals surface area contributed by atoms with E-state index in [2.05, 4.69) is 19.9 Å². The highest BCUT2D eigenvalue weighted by atomic mass is 14.0. The average Bonchev–Trinajstić information content (AvgIpc) is 2.14. The van der Waals surface area contributed by atoms with Crippen molar-refractivity contribution in [3.05, 3.63) is 24.3 Å². The van der Waals surface area contributed by atoms with Gasteiger partial charge in [-0.3, -0.25) is 0 Å². The van der Waals surface area contributed by atoms with Crippen LogP contribution >= 0.6 is 0 Å². The summed E-state index contributed by atoms with van der Waals surface area (Å²) in [5.74, 6) is 0. The molecule has 0 aliphatic heterocycles. The van der Waals surface area contributed by atoms with E-state index < -0.39 is 0 Å². The van der Waals surface area contributed by atoms with Gasteiger partial charge in [-0.25, -0.2) is 0 Å². The van der Waals surface area contributed by atoms with Crippen molar-refractivity contribution in [2.45, 2.75) is 58.8 Å². The first-order valence-corrected chi connectivity index (χ1v) is 5.58. The molecule has 0 saturated heterocycles. The molecule has 0 heteroatoms. The standard InChI is InChI=1S/C13H23/c1-4-7-9-12-13(10-6-3)11-8-5-2/h3,6,10H,4-5,7-9,11-12H2,1-2H3. The molecule has 0 aromatic rings. The van der Waals surface area contributed by atoms with E-state index in [-0.39, 0.29) is 0 Å². The Hall–Kier alpha value is -0.520. The number of hydrogen-bond acceptors (Lipinski definition) is 0. The van der Waals surface area contributed by atoms with Crippen LogP contribution in [0, 0.1) is 6.58 Å². The third-order valence-corrected chi connectivity index (χ3v) is 2.28. The van der Waals surface area contributed by atoms with Crippen molar-refractivity contribution in [2.75, 3.05) is 0 Å². The molecule has 0 bridgehead atoms. The Balaban J connectivity index is 3.67. The molecule has 0 rings (SSSR count). The van der Waals surface area contributed by atoms with E-state index in [9.17, 15) is 0 Å². The molecule has 0 heterocycles. The van der Waals surface area contributed by atoms with E-state index in [1.165, 1.54) is 50.5 Å². The van der Waals surface area contributed by atoms with Crippen LogP contribution in [0.1, 0.15) is 58.8 Å². The van der Waals surface area contributed by atoms with Crippen LogP contribution in [0.25, 0.3) is 0 Å². The van der Waals surface area contributed by atoms with Gasteiger partial charge in [-0.1, -0.05) is 57.4 Å². The summed E-state index contributed by atoms with van der Waals surface area (Å²) in [5, 5.41) is 0. The summed E-state index contributed by atoms with van der Waals surface area (Å²) in [4.78, 5) is 0. The Morgan fingerprint density at radius 1 is 1.00 bits per heavy atom. The first kappa shape index (κ1) is 12.5. The van der Waals surface area contributed by atoms with Gasteiger partial charge in [0.2, 0.25) is 0 Å². The summed E-state index contributed by atoms with van der Waals surface area (Å²) in [7, 11) is 0. The molecule has 0 N–H and O–H groups in total. The van der Waals surface area contributed by atoms with Crippen LogP contribution in [-0.4, -0.2) is 0 Å². The van der Waals surface area contributed by atoms with Gasteiger partial charge in [-0.2, -0.15) is 0 Å². The van der Waals surface area contributed by atoms with Gasteiger partial charge in [0, 0.05) is 0 Å². The van der Waals surface area contributed by atoms with Gasteiger partial charge >= 0.3 is 0 Å². The van der Waals surface area contributed by atoms with Gasteiger partial charge in [0.25, 0.3) is 0 Å². The van der Waals surface area contributed by atoms with Gasteiger partial charge in [0.15, 0.2) is 0 Å². The summed E-state index contributed by atoms with van der Waals surface area (Å²) in [6, 6.07) is 0. The Morgan fingerprint density at radius 3 is 2.15 bits per heavy atom. The van der Waals surface area contributed by atoms with E-state index >= 15 is 0 Å². The van der Waals surface area contributed by atoms with Crippen molar-refractivity contribution in [3.8, 4) is 0 Å². The summed E-state index contributed by atoms with van der Waals surface area (Å²) in [6.45, 7) is 9.88. The Labute approximate surface area is 83.7 Å². The third-order valence-electron chi connectivity index (χ3n) is 2.28. The number of hydrogen-bond donors (Lipinski definition) is 0. The molecular formula is C13H23. The van der Waals surface area contributed by atoms with Crippen molar-refractivity contribution in [1.82, 2.24) is 0 Å². The fourth-order valence-corrected chi connectivity index (χ4v) is 1.43. The zero-order valence-electron chi connectivity index (χ0n) is 9.18. The lowest BCUT2D eigenvalue weighted by Gasteiger charge is -2.05. The minimum atomic E-state index is 1.23. The summed E-state index contributed by atoms with van der Waals surface area (Å²) < 4.78 is 0. The topological polar surface area (TPSA) is 0 Å². The zero-order chi connectivity index (χ0) is 9.94. The van der Waals surface area contributed by atoms with E-state index in [1.807, 2.05) is 0 Å². The molecule has 0 fully saturated rings. The minimum Gasteiger partial charge on any atom is -0.0702 e. The van der Waals surface area contributed by atoms with Crippen molar-refractivity contribution < 1.29 is 0 Å². The first-order chi connectivity index (χ1) is 6.35. The summed E-state index contributed by atoms with van der Waals surface area (Å²) in [6.07, 6.45) is 12.8. The molecule has 0 spiro atoms. The van der Waals surface area contributed by atoms with Gasteiger partial charge in [0.1, 0.15) is 0 Å². The molecule has 13 heavy (non-hydrogen) atoms. The Morgan fingerprint density at radius 2 is 1.62 bits per heavy atom. The van der Waals surface area contributed by atoms with Crippen molar-refractivity contribution >= 4 is 0 Å². The fraction of sp³-hybridized carbons (Fsp3) is 0.692. The molecule has 0 amide bonds. The molecule has 0 aliphatic carbocycles. The van der Waals surface area contributed by atoms with Gasteiger partial charge in [-0.05, 0) is 25.7 Å². The number of unbranched alkanes of at least 4 members (excludes halogenated alkanes) is 3. The van der Waals surface area contributed by atoms with Crippen LogP contribution in [0.2, 0.25) is 0 Å². The molecule has 0 aromatic heterocycles. The molecule has 0 atom stereocenters. The molecule has 0 saturated carbocycles. The second-order valence-electron chi connectivity index (χ2n) is 3.58. The smallest absolute Gasteiger partial charge is 0.0317 e. The zero-order valence-corrected chi connectivity index (χ0v) is 9.18. The van der Waals surface area contributed by atoms with Crippen LogP contribution in [0.3, 0.4) is 0 Å². The number of allylic oxidation sites excluding steroid dienone is 3. The number of rotatable bonds is 8. The van der Waals surface area contributed by atoms with Gasteiger partial charge in [0.05, 0.1) is 0 Å². The molecule has 0 nitrogen and oxygen atoms in total. The second-order valence-corrected chi connectivity index (χ2v) is 3.58. The van der Waals surface area contributed by atoms with E-state index in [4.69, 9.17) is 6.58 Å². The maximum Gasteiger partial charge on any atom is -0.0317 e. The highest BCUT2D eigenvalue weighted by Crippen LogP contribution is 2.15. The predicted molar refractivity (Wildman–Crippen MR) is 60.6 cm³/mol. The van der Waals surface area contributed by atoms with Crippen LogP contribution in [-0.2, 0) is 0 Å². The molecular weight excluding hydrogens is 156 g/mol. The average molecular weight is 179 g/mol. The molecule has 75 valence electrons. The lowest BCUT2D eigenvalue weighted by molar-refractivity contribution is 0.678. The van der Waals surface area contributed by atoms with Crippen molar-refractivity contribution in [2.24, 2.45) is 0 Å². The lowest BCUT2D eigenvalue weighted by Crippen LogP contribution is -1.85. The fourth-order valence-electron chi connectivity index (χ4n) is 1.43. The monoisotopic (exact) mass is 179 g/mol. The predicted octanol–water partition coefficient (Wildman–Crippen LogP) is 4.67. The molecule has 0 aliphatic rings. The van der Waals surface area contributed by atoms with E-state index in [0.29, 0.717) is 0 Å². The molecule has 0 aromatic carbocycles. The van der Waals surface area contributed by atoms with Gasteiger partial charge in [-0.15, -0.1) is 0 Å². The van der Waals surface area contributed by atoms with Crippen LogP contribution < -0.4 is 0 Å². The van der Waals surface area contributed by atoms with Crippen molar-refractivity contribution in [1.29, 1.82) is 0 Å².